The largest absolute Gasteiger partial charge is 0.472 e. The number of hydrogen-bond donors (Lipinski definition) is 3. The predicted octanol–water partition coefficient (Wildman–Crippen LogP) is 22.7. The maximum atomic E-state index is 13.1. The first-order chi connectivity index (χ1) is 49.7. The minimum absolute atomic E-state index is 0.00444. The Balaban J connectivity index is 5.44. The number of unbranched alkanes of at least 4 members (excludes halogenated alkanes) is 22. The van der Waals surface area contributed by atoms with E-state index in [1.165, 1.54) is 57.8 Å². The second-order valence-electron chi connectivity index (χ2n) is 25.5. The van der Waals surface area contributed by atoms with Gasteiger partial charge in [-0.05, 0) is 141 Å². The van der Waals surface area contributed by atoms with Gasteiger partial charge in [0, 0.05) is 25.7 Å². The molecule has 102 heavy (non-hydrogen) atoms. The molecule has 5 unspecified atom stereocenters. The molecule has 0 aliphatic carbocycles. The van der Waals surface area contributed by atoms with Gasteiger partial charge in [0.15, 0.2) is 12.2 Å². The zero-order valence-corrected chi connectivity index (χ0v) is 65.3. The highest BCUT2D eigenvalue weighted by Gasteiger charge is 2.30. The summed E-state index contributed by atoms with van der Waals surface area (Å²) in [6.07, 6.45) is 84.1. The summed E-state index contributed by atoms with van der Waals surface area (Å²) in [6.45, 7) is 4.49. The maximum absolute atomic E-state index is 13.1. The van der Waals surface area contributed by atoms with E-state index in [4.69, 9.17) is 37.0 Å². The first-order valence-corrected chi connectivity index (χ1v) is 42.1. The fourth-order valence-electron chi connectivity index (χ4n) is 9.90. The smallest absolute Gasteiger partial charge is 0.462 e. The zero-order valence-electron chi connectivity index (χ0n) is 63.5. The van der Waals surface area contributed by atoms with Crippen molar-refractivity contribution in [1.82, 2.24) is 0 Å². The Morgan fingerprint density at radius 2 is 0.520 bits per heavy atom. The van der Waals surface area contributed by atoms with Gasteiger partial charge in [-0.2, -0.15) is 0 Å². The van der Waals surface area contributed by atoms with Gasteiger partial charge in [-0.1, -0.05) is 276 Å². The molecule has 0 aromatic carbocycles. The van der Waals surface area contributed by atoms with Crippen molar-refractivity contribution in [1.29, 1.82) is 0 Å². The van der Waals surface area contributed by atoms with E-state index in [-0.39, 0.29) is 25.7 Å². The standard InChI is InChI=1S/C83H138O17P2/c1-5-9-13-17-21-25-29-32-35-37-38-40-42-45-49-52-56-60-64-68-81(86)94-74-79(100-83(88)70-66-62-58-54-50-46-43-39-36-33-30-26-22-18-14-10-6-2)76-98-102(91,92)96-72-77(84)71-95-101(89,90)97-75-78(99-82(87)69-65-61-57-53-47-28-24-20-16-12-8-4)73-93-80(85)67-63-59-55-51-48-44-41-34-31-27-23-19-15-11-7-3/h9-10,13-14,21-23,25-27,32-36,38,40-41,43,45-46,49,54,58,77-79,84H,5-8,11-12,15-20,24,28-31,37,39,42,44,47-48,50-53,55-57,59-76H2,1-4H3,(H,89,90)(H,91,92)/b13-9-,14-10-,25-21-,26-22-,27-23-,35-32-,36-33-,40-38-,41-34-,46-43-,49-45-,58-54-. The molecule has 0 fully saturated rings. The predicted molar refractivity (Wildman–Crippen MR) is 417 cm³/mol. The molecular weight excluding hydrogens is 1330 g/mol. The summed E-state index contributed by atoms with van der Waals surface area (Å²) >= 11 is 0. The topological polar surface area (TPSA) is 237 Å². The van der Waals surface area contributed by atoms with Crippen LogP contribution in [0.15, 0.2) is 146 Å². The van der Waals surface area contributed by atoms with Crippen molar-refractivity contribution in [3.05, 3.63) is 146 Å². The number of carbonyl (C=O) groups excluding carboxylic acids is 4. The van der Waals surface area contributed by atoms with Gasteiger partial charge in [-0.15, -0.1) is 0 Å². The van der Waals surface area contributed by atoms with Crippen LogP contribution in [0.2, 0.25) is 0 Å². The van der Waals surface area contributed by atoms with Crippen molar-refractivity contribution in [3.63, 3.8) is 0 Å². The lowest BCUT2D eigenvalue weighted by Crippen LogP contribution is -2.30. The van der Waals surface area contributed by atoms with Gasteiger partial charge in [0.05, 0.1) is 26.4 Å². The third kappa shape index (κ3) is 73.3. The summed E-state index contributed by atoms with van der Waals surface area (Å²) in [5.74, 6) is -2.30. The molecule has 0 radical (unpaired) electrons. The van der Waals surface area contributed by atoms with Gasteiger partial charge in [-0.3, -0.25) is 37.3 Å². The highest BCUT2D eigenvalue weighted by atomic mass is 31.2. The Morgan fingerprint density at radius 3 is 0.853 bits per heavy atom. The molecule has 0 aliphatic rings. The van der Waals surface area contributed by atoms with Crippen LogP contribution < -0.4 is 0 Å². The lowest BCUT2D eigenvalue weighted by Gasteiger charge is -2.21. The van der Waals surface area contributed by atoms with E-state index >= 15 is 0 Å². The van der Waals surface area contributed by atoms with E-state index in [1.54, 1.807) is 0 Å². The van der Waals surface area contributed by atoms with Gasteiger partial charge in [0.25, 0.3) is 0 Å². The molecule has 0 rings (SSSR count). The quantitative estimate of drug-likeness (QED) is 0.0169. The molecule has 0 aromatic rings. The van der Waals surface area contributed by atoms with Crippen molar-refractivity contribution < 1.29 is 80.2 Å². The monoisotopic (exact) mass is 1470 g/mol. The number of hydrogen-bond acceptors (Lipinski definition) is 15. The van der Waals surface area contributed by atoms with Crippen LogP contribution >= 0.6 is 15.6 Å². The van der Waals surface area contributed by atoms with Crippen LogP contribution in [0, 0.1) is 0 Å². The molecule has 0 saturated heterocycles. The molecule has 0 bridgehead atoms. The number of aliphatic hydroxyl groups excluding tert-OH is 1. The van der Waals surface area contributed by atoms with Crippen molar-refractivity contribution in [2.24, 2.45) is 0 Å². The number of esters is 4. The van der Waals surface area contributed by atoms with Crippen LogP contribution in [0.5, 0.6) is 0 Å². The third-order valence-electron chi connectivity index (χ3n) is 15.8. The molecule has 0 aliphatic heterocycles. The van der Waals surface area contributed by atoms with Gasteiger partial charge < -0.3 is 33.8 Å². The van der Waals surface area contributed by atoms with Crippen LogP contribution in [0.25, 0.3) is 0 Å². The lowest BCUT2D eigenvalue weighted by atomic mass is 10.1. The van der Waals surface area contributed by atoms with Gasteiger partial charge in [0.1, 0.15) is 19.3 Å². The average molecular weight is 1470 g/mol. The fraction of sp³-hybridized carbons (Fsp3) is 0.663. The Labute approximate surface area is 617 Å². The number of phosphoric ester groups is 2. The van der Waals surface area contributed by atoms with E-state index < -0.39 is 97.5 Å². The van der Waals surface area contributed by atoms with Crippen molar-refractivity contribution in [3.8, 4) is 0 Å². The number of rotatable bonds is 72. The SMILES string of the molecule is CC/C=C\C/C=C\C/C=C\C/C=C\C/C=C\CCCCCC(=O)OCC(COP(=O)(O)OCC(O)COP(=O)(O)OCC(COC(=O)CCCCCCC/C=C\C/C=C\CCCCC)OC(=O)CCCCCCCCCCCCC)OC(=O)CCC/C=C\C/C=C\C/C=C\C/C=C\C/C=C\CC. The van der Waals surface area contributed by atoms with E-state index in [0.29, 0.717) is 32.1 Å². The molecular formula is C83H138O17P2. The summed E-state index contributed by atoms with van der Waals surface area (Å²) in [6, 6.07) is 0. The third-order valence-corrected chi connectivity index (χ3v) is 17.7. The van der Waals surface area contributed by atoms with Gasteiger partial charge in [0.2, 0.25) is 0 Å². The molecule has 0 saturated carbocycles. The molecule has 0 heterocycles. The molecule has 17 nitrogen and oxygen atoms in total. The Morgan fingerprint density at radius 1 is 0.284 bits per heavy atom. The van der Waals surface area contributed by atoms with Crippen molar-refractivity contribution >= 4 is 39.5 Å². The first-order valence-electron chi connectivity index (χ1n) is 39.1. The van der Waals surface area contributed by atoms with Crippen LogP contribution in [-0.2, 0) is 65.4 Å². The molecule has 5 atom stereocenters. The Kier molecular flexibility index (Phi) is 70.5. The zero-order chi connectivity index (χ0) is 74.6. The van der Waals surface area contributed by atoms with Gasteiger partial charge >= 0.3 is 39.5 Å². The van der Waals surface area contributed by atoms with Gasteiger partial charge in [-0.25, -0.2) is 9.13 Å². The maximum Gasteiger partial charge on any atom is 0.472 e. The number of ether oxygens (including phenoxy) is 4. The highest BCUT2D eigenvalue weighted by molar-refractivity contribution is 7.47. The summed E-state index contributed by atoms with van der Waals surface area (Å²) in [4.78, 5) is 72.9. The molecule has 0 spiro atoms. The number of phosphoric acid groups is 2. The minimum atomic E-state index is -5.00. The Hall–Kier alpha value is -5.06. The van der Waals surface area contributed by atoms with E-state index in [0.717, 1.165) is 154 Å². The summed E-state index contributed by atoms with van der Waals surface area (Å²) < 4.78 is 68.4. The summed E-state index contributed by atoms with van der Waals surface area (Å²) in [5.41, 5.74) is 0. The molecule has 3 N–H and O–H groups in total. The fourth-order valence-corrected chi connectivity index (χ4v) is 11.5. The highest BCUT2D eigenvalue weighted by Crippen LogP contribution is 2.45. The summed E-state index contributed by atoms with van der Waals surface area (Å²) in [5, 5.41) is 10.6. The number of carbonyl (C=O) groups is 4. The second-order valence-corrected chi connectivity index (χ2v) is 28.4. The minimum Gasteiger partial charge on any atom is -0.462 e. The van der Waals surface area contributed by atoms with E-state index in [2.05, 4.69) is 161 Å². The van der Waals surface area contributed by atoms with Crippen molar-refractivity contribution in [2.75, 3.05) is 39.6 Å². The molecule has 0 amide bonds. The van der Waals surface area contributed by atoms with Crippen LogP contribution in [0.1, 0.15) is 297 Å². The molecule has 582 valence electrons. The second kappa shape index (κ2) is 74.2. The van der Waals surface area contributed by atoms with E-state index in [1.807, 2.05) is 12.2 Å². The Bertz CT molecular complexity index is 2510. The van der Waals surface area contributed by atoms with Crippen molar-refractivity contribution in [2.45, 2.75) is 316 Å². The molecule has 0 aromatic heterocycles. The number of allylic oxidation sites excluding steroid dienone is 24. The lowest BCUT2D eigenvalue weighted by molar-refractivity contribution is -0.161. The average Bonchev–Trinajstić information content (AvgIpc) is 0.921. The van der Waals surface area contributed by atoms with Crippen LogP contribution in [-0.4, -0.2) is 96.7 Å². The normalized spacial score (nSPS) is 14.7. The summed E-state index contributed by atoms with van der Waals surface area (Å²) in [7, 11) is -9.99. The van der Waals surface area contributed by atoms with E-state index in [9.17, 15) is 43.2 Å². The van der Waals surface area contributed by atoms with Crippen LogP contribution in [0.3, 0.4) is 0 Å². The van der Waals surface area contributed by atoms with Crippen LogP contribution in [0.4, 0.5) is 0 Å². The number of aliphatic hydroxyl groups is 1. The molecule has 19 heteroatoms. The first kappa shape index (κ1) is 96.9.